The van der Waals surface area contributed by atoms with Crippen molar-refractivity contribution in [3.63, 3.8) is 0 Å². The van der Waals surface area contributed by atoms with Gasteiger partial charge in [-0.05, 0) is 56.4 Å². The highest BCUT2D eigenvalue weighted by molar-refractivity contribution is 5.89. The zero-order valence-corrected chi connectivity index (χ0v) is 16.1. The van der Waals surface area contributed by atoms with Crippen LogP contribution in [-0.2, 0) is 11.2 Å². The number of rotatable bonds is 4. The molecule has 140 valence electrons. The Labute approximate surface area is 160 Å². The fourth-order valence-electron chi connectivity index (χ4n) is 4.26. The van der Waals surface area contributed by atoms with Gasteiger partial charge in [0.05, 0.1) is 12.5 Å². The van der Waals surface area contributed by atoms with Gasteiger partial charge in [0.15, 0.2) is 0 Å². The van der Waals surface area contributed by atoms with Gasteiger partial charge < -0.3 is 9.47 Å². The van der Waals surface area contributed by atoms with E-state index >= 15 is 0 Å². The number of fused-ring (bicyclic) bond motifs is 1. The SMILES string of the molecule is CC(C)n1cc(CC(=O)N2CCCC[C@@H]2c2cccnc2)c2ccccc21. The van der Waals surface area contributed by atoms with Crippen LogP contribution in [0.15, 0.2) is 55.0 Å². The van der Waals surface area contributed by atoms with Gasteiger partial charge in [0.25, 0.3) is 0 Å². The number of amides is 1. The van der Waals surface area contributed by atoms with Crippen molar-refractivity contribution in [2.24, 2.45) is 0 Å². The summed E-state index contributed by atoms with van der Waals surface area (Å²) in [6.45, 7) is 5.20. The maximum atomic E-state index is 13.3. The van der Waals surface area contributed by atoms with Crippen LogP contribution in [0.25, 0.3) is 10.9 Å². The van der Waals surface area contributed by atoms with Gasteiger partial charge in [0.1, 0.15) is 0 Å². The molecule has 0 unspecified atom stereocenters. The third-order valence-electron chi connectivity index (χ3n) is 5.61. The predicted octanol–water partition coefficient (Wildman–Crippen LogP) is 4.91. The molecule has 0 spiro atoms. The summed E-state index contributed by atoms with van der Waals surface area (Å²) >= 11 is 0. The Morgan fingerprint density at radius 2 is 2.04 bits per heavy atom. The topological polar surface area (TPSA) is 38.1 Å². The van der Waals surface area contributed by atoms with Crippen molar-refractivity contribution in [3.05, 3.63) is 66.1 Å². The molecule has 1 aliphatic heterocycles. The molecule has 4 heteroatoms. The van der Waals surface area contributed by atoms with Crippen LogP contribution in [0.5, 0.6) is 0 Å². The van der Waals surface area contributed by atoms with Crippen LogP contribution >= 0.6 is 0 Å². The van der Waals surface area contributed by atoms with Crippen molar-refractivity contribution in [3.8, 4) is 0 Å². The molecule has 27 heavy (non-hydrogen) atoms. The number of carbonyl (C=O) groups is 1. The first kappa shape index (κ1) is 17.8. The molecule has 0 radical (unpaired) electrons. The van der Waals surface area contributed by atoms with Crippen molar-refractivity contribution < 1.29 is 4.79 Å². The van der Waals surface area contributed by atoms with Crippen LogP contribution in [-0.4, -0.2) is 26.9 Å². The Hall–Kier alpha value is -2.62. The maximum Gasteiger partial charge on any atom is 0.227 e. The van der Waals surface area contributed by atoms with Gasteiger partial charge in [-0.15, -0.1) is 0 Å². The quantitative estimate of drug-likeness (QED) is 0.662. The molecule has 1 atom stereocenters. The molecule has 3 aromatic rings. The summed E-state index contributed by atoms with van der Waals surface area (Å²) in [4.78, 5) is 19.6. The van der Waals surface area contributed by atoms with E-state index in [1.54, 1.807) is 6.20 Å². The first-order chi connectivity index (χ1) is 13.1. The number of hydrogen-bond donors (Lipinski definition) is 0. The van der Waals surface area contributed by atoms with E-state index in [9.17, 15) is 4.79 Å². The zero-order valence-electron chi connectivity index (χ0n) is 16.1. The standard InChI is InChI=1S/C23H27N3O/c1-17(2)26-16-19(20-9-3-4-11-22(20)26)14-23(27)25-13-6-5-10-21(25)18-8-7-12-24-15-18/h3-4,7-9,11-12,15-17,21H,5-6,10,13-14H2,1-2H3/t21-/m1/s1. The molecule has 0 bridgehead atoms. The van der Waals surface area contributed by atoms with E-state index in [0.717, 1.165) is 36.9 Å². The summed E-state index contributed by atoms with van der Waals surface area (Å²) in [5.41, 5.74) is 3.48. The maximum absolute atomic E-state index is 13.3. The number of nitrogens with zero attached hydrogens (tertiary/aromatic N) is 3. The molecule has 1 amide bonds. The number of pyridine rings is 1. The van der Waals surface area contributed by atoms with E-state index in [2.05, 4.69) is 64.8 Å². The van der Waals surface area contributed by atoms with E-state index in [0.29, 0.717) is 12.5 Å². The van der Waals surface area contributed by atoms with Crippen molar-refractivity contribution in [1.82, 2.24) is 14.5 Å². The number of hydrogen-bond acceptors (Lipinski definition) is 2. The van der Waals surface area contributed by atoms with Crippen molar-refractivity contribution in [2.75, 3.05) is 6.54 Å². The van der Waals surface area contributed by atoms with Crippen LogP contribution in [0.1, 0.15) is 56.3 Å². The molecule has 1 aliphatic rings. The lowest BCUT2D eigenvalue weighted by atomic mass is 9.95. The van der Waals surface area contributed by atoms with Gasteiger partial charge in [0.2, 0.25) is 5.91 Å². The molecule has 3 heterocycles. The molecule has 1 saturated heterocycles. The summed E-state index contributed by atoms with van der Waals surface area (Å²) in [7, 11) is 0. The average Bonchev–Trinajstić information content (AvgIpc) is 3.07. The van der Waals surface area contributed by atoms with Crippen molar-refractivity contribution in [2.45, 2.75) is 51.6 Å². The second-order valence-electron chi connectivity index (χ2n) is 7.73. The first-order valence-corrected chi connectivity index (χ1v) is 9.93. The third kappa shape index (κ3) is 3.48. The number of likely N-dealkylation sites (tertiary alicyclic amines) is 1. The largest absolute Gasteiger partial charge is 0.345 e. The summed E-state index contributed by atoms with van der Waals surface area (Å²) in [6, 6.07) is 13.0. The lowest BCUT2D eigenvalue weighted by molar-refractivity contribution is -0.134. The molecule has 1 aromatic carbocycles. The molecular formula is C23H27N3O. The number of piperidine rings is 1. The highest BCUT2D eigenvalue weighted by Gasteiger charge is 2.28. The Morgan fingerprint density at radius 1 is 1.19 bits per heavy atom. The molecule has 2 aromatic heterocycles. The van der Waals surface area contributed by atoms with Crippen LogP contribution in [0.2, 0.25) is 0 Å². The van der Waals surface area contributed by atoms with Crippen LogP contribution in [0.4, 0.5) is 0 Å². The number of carbonyl (C=O) groups excluding carboxylic acids is 1. The molecule has 4 rings (SSSR count). The average molecular weight is 361 g/mol. The fourth-order valence-corrected chi connectivity index (χ4v) is 4.26. The van der Waals surface area contributed by atoms with Crippen LogP contribution in [0, 0.1) is 0 Å². The fraction of sp³-hybridized carbons (Fsp3) is 0.391. The third-order valence-corrected chi connectivity index (χ3v) is 5.61. The van der Waals surface area contributed by atoms with Gasteiger partial charge in [-0.1, -0.05) is 24.3 Å². The second kappa shape index (κ2) is 7.55. The highest BCUT2D eigenvalue weighted by atomic mass is 16.2. The molecule has 0 N–H and O–H groups in total. The lowest BCUT2D eigenvalue weighted by Gasteiger charge is -2.36. The minimum Gasteiger partial charge on any atom is -0.345 e. The first-order valence-electron chi connectivity index (χ1n) is 9.93. The van der Waals surface area contributed by atoms with E-state index in [1.807, 2.05) is 12.3 Å². The summed E-state index contributed by atoms with van der Waals surface area (Å²) in [5, 5.41) is 1.19. The second-order valence-corrected chi connectivity index (χ2v) is 7.73. The molecule has 0 saturated carbocycles. The Morgan fingerprint density at radius 3 is 2.81 bits per heavy atom. The minimum atomic E-state index is 0.151. The minimum absolute atomic E-state index is 0.151. The molecular weight excluding hydrogens is 334 g/mol. The highest BCUT2D eigenvalue weighted by Crippen LogP contribution is 2.32. The van der Waals surface area contributed by atoms with Crippen LogP contribution < -0.4 is 0 Å². The Kier molecular flexibility index (Phi) is 4.97. The molecule has 0 aliphatic carbocycles. The van der Waals surface area contributed by atoms with E-state index in [4.69, 9.17) is 0 Å². The monoisotopic (exact) mass is 361 g/mol. The van der Waals surface area contributed by atoms with Gasteiger partial charge >= 0.3 is 0 Å². The summed E-state index contributed by atoms with van der Waals surface area (Å²) in [5.74, 6) is 0.218. The number of para-hydroxylation sites is 1. The summed E-state index contributed by atoms with van der Waals surface area (Å²) in [6.07, 6.45) is 9.57. The van der Waals surface area contributed by atoms with Crippen molar-refractivity contribution >= 4 is 16.8 Å². The Balaban J connectivity index is 1.62. The van der Waals surface area contributed by atoms with Gasteiger partial charge in [0, 0.05) is 42.1 Å². The van der Waals surface area contributed by atoms with Gasteiger partial charge in [-0.2, -0.15) is 0 Å². The molecule has 1 fully saturated rings. The smallest absolute Gasteiger partial charge is 0.227 e. The zero-order chi connectivity index (χ0) is 18.8. The van der Waals surface area contributed by atoms with Gasteiger partial charge in [-0.25, -0.2) is 0 Å². The lowest BCUT2D eigenvalue weighted by Crippen LogP contribution is -2.39. The summed E-state index contributed by atoms with van der Waals surface area (Å²) < 4.78 is 2.27. The van der Waals surface area contributed by atoms with Gasteiger partial charge in [-0.3, -0.25) is 9.78 Å². The normalized spacial score (nSPS) is 17.6. The number of benzene rings is 1. The van der Waals surface area contributed by atoms with Crippen molar-refractivity contribution in [1.29, 1.82) is 0 Å². The Bertz CT molecular complexity index is 929. The number of aromatic nitrogens is 2. The van der Waals surface area contributed by atoms with E-state index in [1.165, 1.54) is 10.9 Å². The van der Waals surface area contributed by atoms with Crippen LogP contribution in [0.3, 0.4) is 0 Å². The van der Waals surface area contributed by atoms with E-state index < -0.39 is 0 Å². The predicted molar refractivity (Wildman–Crippen MR) is 109 cm³/mol. The molecule has 4 nitrogen and oxygen atoms in total. The van der Waals surface area contributed by atoms with E-state index in [-0.39, 0.29) is 11.9 Å².